The summed E-state index contributed by atoms with van der Waals surface area (Å²) in [4.78, 5) is 29.2. The third kappa shape index (κ3) is 5.97. The zero-order chi connectivity index (χ0) is 21.6. The molecule has 0 radical (unpaired) electrons. The molecule has 0 fully saturated rings. The number of aliphatic hydroxyl groups excluding tert-OH is 1. The van der Waals surface area contributed by atoms with Gasteiger partial charge < -0.3 is 25.5 Å². The Morgan fingerprint density at radius 2 is 1.83 bits per heavy atom. The van der Waals surface area contributed by atoms with Gasteiger partial charge in [0.05, 0.1) is 6.04 Å². The van der Waals surface area contributed by atoms with Crippen molar-refractivity contribution in [2.75, 3.05) is 43.4 Å². The number of carbonyl (C=O) groups excluding carboxylic acids is 2. The number of amides is 2. The highest BCUT2D eigenvalue weighted by Gasteiger charge is 2.36. The van der Waals surface area contributed by atoms with Crippen LogP contribution in [0.4, 0.5) is 11.4 Å². The van der Waals surface area contributed by atoms with E-state index in [-0.39, 0.29) is 17.3 Å². The molecule has 1 aromatic rings. The molecule has 1 aromatic carbocycles. The summed E-state index contributed by atoms with van der Waals surface area (Å²) in [7, 11) is 2.10. The molecule has 0 saturated heterocycles. The molecule has 0 aromatic heterocycles. The third-order valence-corrected chi connectivity index (χ3v) is 5.22. The first-order chi connectivity index (χ1) is 13.8. The molecule has 0 saturated carbocycles. The maximum absolute atomic E-state index is 12.5. The Morgan fingerprint density at radius 3 is 2.38 bits per heavy atom. The normalized spacial score (nSPS) is 16.5. The van der Waals surface area contributed by atoms with Crippen molar-refractivity contribution in [2.24, 2.45) is 5.92 Å². The highest BCUT2D eigenvalue weighted by molar-refractivity contribution is 6.24. The summed E-state index contributed by atoms with van der Waals surface area (Å²) in [6.45, 7) is 12.0. The number of hydrogen-bond acceptors (Lipinski definition) is 5. The molecule has 3 N–H and O–H groups in total. The molecule has 1 atom stereocenters. The molecule has 29 heavy (non-hydrogen) atoms. The van der Waals surface area contributed by atoms with Gasteiger partial charge in [-0.3, -0.25) is 9.59 Å². The van der Waals surface area contributed by atoms with Crippen molar-refractivity contribution in [3.05, 3.63) is 35.6 Å². The molecule has 0 aliphatic carbocycles. The van der Waals surface area contributed by atoms with Crippen LogP contribution in [0.2, 0.25) is 0 Å². The summed E-state index contributed by atoms with van der Waals surface area (Å²) in [5, 5.41) is 15.7. The highest BCUT2D eigenvalue weighted by atomic mass is 16.3. The molecule has 7 heteroatoms. The first-order valence-corrected chi connectivity index (χ1v) is 10.4. The third-order valence-electron chi connectivity index (χ3n) is 5.22. The molecule has 2 rings (SSSR count). The number of nitrogens with zero attached hydrogens (tertiary/aromatic N) is 2. The second-order valence-corrected chi connectivity index (χ2v) is 7.89. The van der Waals surface area contributed by atoms with Gasteiger partial charge in [0.25, 0.3) is 11.8 Å². The SMILES string of the molecule is CCN(C)CCN(CC)c1ccc(NC(=O)C2=C(O)C(CC(C)C)NC2=O)cc1. The van der Waals surface area contributed by atoms with Crippen LogP contribution < -0.4 is 15.5 Å². The van der Waals surface area contributed by atoms with Gasteiger partial charge in [-0.15, -0.1) is 0 Å². The van der Waals surface area contributed by atoms with Crippen molar-refractivity contribution in [1.29, 1.82) is 0 Å². The van der Waals surface area contributed by atoms with Crippen LogP contribution in [0, 0.1) is 5.92 Å². The van der Waals surface area contributed by atoms with E-state index in [1.807, 2.05) is 38.1 Å². The van der Waals surface area contributed by atoms with Crippen LogP contribution in [-0.2, 0) is 9.59 Å². The summed E-state index contributed by atoms with van der Waals surface area (Å²) in [5.74, 6) is -0.999. The van der Waals surface area contributed by atoms with E-state index in [2.05, 4.69) is 41.3 Å². The van der Waals surface area contributed by atoms with Gasteiger partial charge in [0.1, 0.15) is 11.3 Å². The Kier molecular flexibility index (Phi) is 8.08. The first-order valence-electron chi connectivity index (χ1n) is 10.4. The number of anilines is 2. The van der Waals surface area contributed by atoms with Gasteiger partial charge >= 0.3 is 0 Å². The van der Waals surface area contributed by atoms with Gasteiger partial charge in [-0.05, 0) is 57.1 Å². The molecular formula is C22H34N4O3. The minimum absolute atomic E-state index is 0.171. The van der Waals surface area contributed by atoms with E-state index in [4.69, 9.17) is 0 Å². The van der Waals surface area contributed by atoms with Crippen molar-refractivity contribution in [3.8, 4) is 0 Å². The number of hydrogen-bond donors (Lipinski definition) is 3. The molecule has 160 valence electrons. The van der Waals surface area contributed by atoms with E-state index in [0.717, 1.165) is 31.9 Å². The predicted octanol–water partition coefficient (Wildman–Crippen LogP) is 2.76. The number of benzene rings is 1. The number of aliphatic hydroxyl groups is 1. The lowest BCUT2D eigenvalue weighted by Gasteiger charge is -2.26. The number of carbonyl (C=O) groups is 2. The Morgan fingerprint density at radius 1 is 1.17 bits per heavy atom. The van der Waals surface area contributed by atoms with Gasteiger partial charge in [-0.2, -0.15) is 0 Å². The zero-order valence-electron chi connectivity index (χ0n) is 18.2. The van der Waals surface area contributed by atoms with E-state index < -0.39 is 17.9 Å². The van der Waals surface area contributed by atoms with Gasteiger partial charge in [0.15, 0.2) is 0 Å². The Labute approximate surface area is 173 Å². The molecule has 0 bridgehead atoms. The fourth-order valence-corrected chi connectivity index (χ4v) is 3.32. The monoisotopic (exact) mass is 402 g/mol. The maximum atomic E-state index is 12.5. The number of nitrogens with one attached hydrogen (secondary N) is 2. The molecule has 0 spiro atoms. The van der Waals surface area contributed by atoms with Crippen molar-refractivity contribution >= 4 is 23.2 Å². The lowest BCUT2D eigenvalue weighted by atomic mass is 10.0. The van der Waals surface area contributed by atoms with E-state index in [9.17, 15) is 14.7 Å². The van der Waals surface area contributed by atoms with Crippen molar-refractivity contribution in [2.45, 2.75) is 40.2 Å². The quantitative estimate of drug-likeness (QED) is 0.524. The van der Waals surface area contributed by atoms with Crippen LogP contribution in [0.25, 0.3) is 0 Å². The fraction of sp³-hybridized carbons (Fsp3) is 0.545. The summed E-state index contributed by atoms with van der Waals surface area (Å²) in [5.41, 5.74) is 1.46. The molecular weight excluding hydrogens is 368 g/mol. The van der Waals surface area contributed by atoms with Crippen LogP contribution in [-0.4, -0.2) is 61.1 Å². The molecule has 1 unspecified atom stereocenters. The second-order valence-electron chi connectivity index (χ2n) is 7.89. The lowest BCUT2D eigenvalue weighted by molar-refractivity contribution is -0.120. The van der Waals surface area contributed by atoms with Crippen LogP contribution in [0.1, 0.15) is 34.1 Å². The molecule has 1 aliphatic rings. The van der Waals surface area contributed by atoms with Crippen LogP contribution in [0.3, 0.4) is 0 Å². The summed E-state index contributed by atoms with van der Waals surface area (Å²) < 4.78 is 0. The smallest absolute Gasteiger partial charge is 0.264 e. The first kappa shape index (κ1) is 22.7. The van der Waals surface area contributed by atoms with Crippen molar-refractivity contribution in [3.63, 3.8) is 0 Å². The molecule has 1 heterocycles. The lowest BCUT2D eigenvalue weighted by Crippen LogP contribution is -2.33. The second kappa shape index (κ2) is 10.3. The van der Waals surface area contributed by atoms with Gasteiger partial charge in [-0.1, -0.05) is 20.8 Å². The van der Waals surface area contributed by atoms with Crippen LogP contribution in [0.5, 0.6) is 0 Å². The van der Waals surface area contributed by atoms with Crippen molar-refractivity contribution < 1.29 is 14.7 Å². The largest absolute Gasteiger partial charge is 0.509 e. The van der Waals surface area contributed by atoms with Gasteiger partial charge in [0.2, 0.25) is 0 Å². The average molecular weight is 403 g/mol. The van der Waals surface area contributed by atoms with Gasteiger partial charge in [-0.25, -0.2) is 0 Å². The predicted molar refractivity (Wildman–Crippen MR) is 117 cm³/mol. The van der Waals surface area contributed by atoms with Crippen LogP contribution in [0.15, 0.2) is 35.6 Å². The summed E-state index contributed by atoms with van der Waals surface area (Å²) >= 11 is 0. The minimum Gasteiger partial charge on any atom is -0.509 e. The topological polar surface area (TPSA) is 84.9 Å². The Hall–Kier alpha value is -2.54. The Bertz CT molecular complexity index is 743. The minimum atomic E-state index is -0.587. The standard InChI is InChI=1S/C22H34N4O3/c1-6-25(5)12-13-26(7-2)17-10-8-16(9-11-17)23-21(28)19-20(27)18(14-15(3)4)24-22(19)29/h8-11,15,18,27H,6-7,12-14H2,1-5H3,(H,23,28)(H,24,29). The fourth-order valence-electron chi connectivity index (χ4n) is 3.32. The number of likely N-dealkylation sites (N-methyl/N-ethyl adjacent to an activating group) is 2. The van der Waals surface area contributed by atoms with Crippen molar-refractivity contribution in [1.82, 2.24) is 10.2 Å². The highest BCUT2D eigenvalue weighted by Crippen LogP contribution is 2.23. The maximum Gasteiger partial charge on any atom is 0.264 e. The average Bonchev–Trinajstić information content (AvgIpc) is 2.95. The van der Waals surface area contributed by atoms with E-state index in [1.165, 1.54) is 0 Å². The molecule has 1 aliphatic heterocycles. The molecule has 2 amide bonds. The van der Waals surface area contributed by atoms with E-state index in [1.54, 1.807) is 0 Å². The van der Waals surface area contributed by atoms with Gasteiger partial charge in [0, 0.05) is 31.0 Å². The Balaban J connectivity index is 2.04. The van der Waals surface area contributed by atoms with E-state index >= 15 is 0 Å². The van der Waals surface area contributed by atoms with Crippen LogP contribution >= 0.6 is 0 Å². The number of rotatable bonds is 10. The zero-order valence-corrected chi connectivity index (χ0v) is 18.2. The summed E-state index contributed by atoms with van der Waals surface area (Å²) in [6.07, 6.45) is 0.586. The van der Waals surface area contributed by atoms with E-state index in [0.29, 0.717) is 12.1 Å². The summed E-state index contributed by atoms with van der Waals surface area (Å²) in [6, 6.07) is 7.04. The molecule has 7 nitrogen and oxygen atoms in total.